The molecule has 1 unspecified atom stereocenters. The van der Waals surface area contributed by atoms with Gasteiger partial charge in [-0.25, -0.2) is 0 Å². The van der Waals surface area contributed by atoms with Crippen LogP contribution in [0, 0.1) is 6.92 Å². The van der Waals surface area contributed by atoms with E-state index in [1.54, 1.807) is 13.0 Å². The van der Waals surface area contributed by atoms with Gasteiger partial charge in [0.05, 0.1) is 11.7 Å². The highest BCUT2D eigenvalue weighted by molar-refractivity contribution is 6.00. The summed E-state index contributed by atoms with van der Waals surface area (Å²) in [6.45, 7) is 5.79. The molecule has 3 rings (SSSR count). The number of ketones is 1. The Morgan fingerprint density at radius 1 is 1.21 bits per heavy atom. The fraction of sp³-hybridized carbons (Fsp3) is 0.478. The predicted octanol–water partition coefficient (Wildman–Crippen LogP) is 4.37. The fourth-order valence-corrected chi connectivity index (χ4v) is 3.79. The van der Waals surface area contributed by atoms with Crippen LogP contribution in [0.1, 0.15) is 89.7 Å². The van der Waals surface area contributed by atoms with Crippen molar-refractivity contribution in [3.8, 4) is 0 Å². The number of carbonyl (C=O) groups excluding carboxylic acids is 2. The van der Waals surface area contributed by atoms with Crippen molar-refractivity contribution in [2.24, 2.45) is 0 Å². The topological polar surface area (TPSA) is 79.5 Å². The molecule has 1 heterocycles. The lowest BCUT2D eigenvalue weighted by molar-refractivity contribution is 0.0865. The van der Waals surface area contributed by atoms with Crippen LogP contribution >= 0.6 is 0 Å². The van der Waals surface area contributed by atoms with Crippen molar-refractivity contribution in [1.29, 1.82) is 0 Å². The molecule has 1 amide bonds. The van der Waals surface area contributed by atoms with E-state index in [2.05, 4.69) is 11.4 Å². The standard InChI is InChI=1S/C23H29NO4/c1-4-20(26)21-13-19(23(27)24-17-8-10-18(25)11-9-17)22(28-21)15(3)16-7-5-6-14(2)12-16/h5-7,12-13,15,17-18,25H,4,8-11H2,1-3H3,(H,24,27). The first-order chi connectivity index (χ1) is 13.4. The van der Waals surface area contributed by atoms with E-state index in [0.717, 1.165) is 24.0 Å². The summed E-state index contributed by atoms with van der Waals surface area (Å²) in [7, 11) is 0. The van der Waals surface area contributed by atoms with E-state index in [9.17, 15) is 14.7 Å². The minimum Gasteiger partial charge on any atom is -0.456 e. The average Bonchev–Trinajstić information content (AvgIpc) is 3.14. The molecule has 1 aromatic carbocycles. The maximum Gasteiger partial charge on any atom is 0.255 e. The van der Waals surface area contributed by atoms with Crippen LogP contribution in [0.15, 0.2) is 34.7 Å². The van der Waals surface area contributed by atoms with Crippen LogP contribution < -0.4 is 5.32 Å². The molecule has 2 N–H and O–H groups in total. The number of amides is 1. The van der Waals surface area contributed by atoms with Gasteiger partial charge in [-0.2, -0.15) is 0 Å². The number of aryl methyl sites for hydroxylation is 1. The average molecular weight is 383 g/mol. The molecule has 0 saturated heterocycles. The second-order valence-corrected chi connectivity index (χ2v) is 7.78. The highest BCUT2D eigenvalue weighted by Gasteiger charge is 2.28. The molecule has 28 heavy (non-hydrogen) atoms. The minimum atomic E-state index is -0.271. The number of furan rings is 1. The van der Waals surface area contributed by atoms with Crippen molar-refractivity contribution in [2.75, 3.05) is 0 Å². The van der Waals surface area contributed by atoms with Crippen molar-refractivity contribution in [1.82, 2.24) is 5.32 Å². The molecule has 0 bridgehead atoms. The summed E-state index contributed by atoms with van der Waals surface area (Å²) in [6.07, 6.45) is 2.97. The van der Waals surface area contributed by atoms with Crippen molar-refractivity contribution < 1.29 is 19.1 Å². The molecule has 1 fully saturated rings. The number of benzene rings is 1. The predicted molar refractivity (Wildman–Crippen MR) is 108 cm³/mol. The van der Waals surface area contributed by atoms with Gasteiger partial charge in [0.25, 0.3) is 5.91 Å². The first-order valence-electron chi connectivity index (χ1n) is 10.1. The van der Waals surface area contributed by atoms with E-state index in [4.69, 9.17) is 4.42 Å². The number of aliphatic hydroxyl groups excluding tert-OH is 1. The Labute approximate surface area is 166 Å². The largest absolute Gasteiger partial charge is 0.456 e. The molecule has 0 spiro atoms. The van der Waals surface area contributed by atoms with Crippen molar-refractivity contribution >= 4 is 11.7 Å². The quantitative estimate of drug-likeness (QED) is 0.726. The molecule has 1 aliphatic rings. The van der Waals surface area contributed by atoms with Crippen LogP contribution in [0.25, 0.3) is 0 Å². The SMILES string of the molecule is CCC(=O)c1cc(C(=O)NC2CCC(O)CC2)c(C(C)c2cccc(C)c2)o1. The van der Waals surface area contributed by atoms with Crippen LogP contribution in [-0.4, -0.2) is 28.9 Å². The second-order valence-electron chi connectivity index (χ2n) is 7.78. The van der Waals surface area contributed by atoms with Gasteiger partial charge in [-0.15, -0.1) is 0 Å². The lowest BCUT2D eigenvalue weighted by Crippen LogP contribution is -2.38. The van der Waals surface area contributed by atoms with Gasteiger partial charge in [-0.05, 0) is 38.2 Å². The van der Waals surface area contributed by atoms with Gasteiger partial charge in [0, 0.05) is 24.4 Å². The van der Waals surface area contributed by atoms with Crippen LogP contribution in [0.2, 0.25) is 0 Å². The van der Waals surface area contributed by atoms with Gasteiger partial charge in [0.1, 0.15) is 5.76 Å². The summed E-state index contributed by atoms with van der Waals surface area (Å²) in [4.78, 5) is 25.2. The van der Waals surface area contributed by atoms with Crippen LogP contribution in [0.4, 0.5) is 0 Å². The number of hydrogen-bond donors (Lipinski definition) is 2. The third-order valence-electron chi connectivity index (χ3n) is 5.57. The molecule has 5 nitrogen and oxygen atoms in total. The lowest BCUT2D eigenvalue weighted by Gasteiger charge is -2.26. The summed E-state index contributed by atoms with van der Waals surface area (Å²) >= 11 is 0. The Bertz CT molecular complexity index is 846. The zero-order valence-corrected chi connectivity index (χ0v) is 16.8. The highest BCUT2D eigenvalue weighted by atomic mass is 16.3. The van der Waals surface area contributed by atoms with Crippen molar-refractivity contribution in [2.45, 2.75) is 70.9 Å². The summed E-state index contributed by atoms with van der Waals surface area (Å²) in [5.41, 5.74) is 2.60. The number of aliphatic hydroxyl groups is 1. The Balaban J connectivity index is 1.89. The Hall–Kier alpha value is -2.40. The summed E-state index contributed by atoms with van der Waals surface area (Å²) in [5.74, 6) is 0.288. The number of hydrogen-bond acceptors (Lipinski definition) is 4. The molecule has 1 aromatic heterocycles. The van der Waals surface area contributed by atoms with Crippen LogP contribution in [-0.2, 0) is 0 Å². The smallest absolute Gasteiger partial charge is 0.255 e. The molecular formula is C23H29NO4. The number of carbonyl (C=O) groups is 2. The summed E-state index contributed by atoms with van der Waals surface area (Å²) in [5, 5.41) is 12.7. The molecular weight excluding hydrogens is 354 g/mol. The molecule has 1 aliphatic carbocycles. The van der Waals surface area contributed by atoms with Crippen LogP contribution in [0.3, 0.4) is 0 Å². The van der Waals surface area contributed by atoms with E-state index < -0.39 is 0 Å². The van der Waals surface area contributed by atoms with Gasteiger partial charge in [-0.3, -0.25) is 9.59 Å². The molecule has 1 saturated carbocycles. The highest BCUT2D eigenvalue weighted by Crippen LogP contribution is 2.31. The summed E-state index contributed by atoms with van der Waals surface area (Å²) < 4.78 is 5.90. The fourth-order valence-electron chi connectivity index (χ4n) is 3.79. The molecule has 2 aromatic rings. The normalized spacial score (nSPS) is 20.6. The summed E-state index contributed by atoms with van der Waals surface area (Å²) in [6, 6.07) is 9.70. The maximum atomic E-state index is 13.0. The minimum absolute atomic E-state index is 0.0400. The molecule has 5 heteroatoms. The zero-order valence-electron chi connectivity index (χ0n) is 16.8. The zero-order chi connectivity index (χ0) is 20.3. The van der Waals surface area contributed by atoms with E-state index >= 15 is 0 Å². The van der Waals surface area contributed by atoms with Gasteiger partial charge in [-0.1, -0.05) is 43.7 Å². The third kappa shape index (κ3) is 4.53. The van der Waals surface area contributed by atoms with E-state index in [-0.39, 0.29) is 35.5 Å². The van der Waals surface area contributed by atoms with E-state index in [1.807, 2.05) is 32.0 Å². The third-order valence-corrected chi connectivity index (χ3v) is 5.57. The van der Waals surface area contributed by atoms with E-state index in [1.165, 1.54) is 0 Å². The first kappa shape index (κ1) is 20.3. The van der Waals surface area contributed by atoms with Gasteiger partial charge in [0.15, 0.2) is 11.5 Å². The van der Waals surface area contributed by atoms with Crippen molar-refractivity contribution in [3.05, 3.63) is 58.5 Å². The molecule has 150 valence electrons. The Morgan fingerprint density at radius 2 is 1.93 bits per heavy atom. The maximum absolute atomic E-state index is 13.0. The van der Waals surface area contributed by atoms with Crippen LogP contribution in [0.5, 0.6) is 0 Å². The molecule has 1 atom stereocenters. The lowest BCUT2D eigenvalue weighted by atomic mass is 9.92. The van der Waals surface area contributed by atoms with Gasteiger partial charge >= 0.3 is 0 Å². The number of rotatable bonds is 6. The first-order valence-corrected chi connectivity index (χ1v) is 10.1. The van der Waals surface area contributed by atoms with Crippen molar-refractivity contribution in [3.63, 3.8) is 0 Å². The van der Waals surface area contributed by atoms with E-state index in [0.29, 0.717) is 30.6 Å². The molecule has 0 aliphatic heterocycles. The van der Waals surface area contributed by atoms with Gasteiger partial charge in [0.2, 0.25) is 0 Å². The molecule has 0 radical (unpaired) electrons. The Kier molecular flexibility index (Phi) is 6.35. The number of Topliss-reactive ketones (excluding diaryl/α,β-unsaturated/α-hetero) is 1. The number of nitrogens with one attached hydrogen (secondary N) is 1. The monoisotopic (exact) mass is 383 g/mol. The van der Waals surface area contributed by atoms with Gasteiger partial charge < -0.3 is 14.8 Å². The Morgan fingerprint density at radius 3 is 2.57 bits per heavy atom. The second kappa shape index (κ2) is 8.74.